The van der Waals surface area contributed by atoms with E-state index in [1.54, 1.807) is 0 Å². The predicted molar refractivity (Wildman–Crippen MR) is 76.5 cm³/mol. The number of halogens is 5. The van der Waals surface area contributed by atoms with Crippen LogP contribution in [-0.2, 0) is 13.3 Å². The fraction of sp³-hybridized carbons (Fsp3) is 0.462. The summed E-state index contributed by atoms with van der Waals surface area (Å²) in [6.45, 7) is -0.0426. The van der Waals surface area contributed by atoms with Crippen LogP contribution in [0.1, 0.15) is 6.42 Å². The van der Waals surface area contributed by atoms with Gasteiger partial charge in [0.15, 0.2) is 0 Å². The van der Waals surface area contributed by atoms with Crippen molar-refractivity contribution in [3.8, 4) is 5.75 Å². The van der Waals surface area contributed by atoms with Gasteiger partial charge in [-0.15, -0.1) is 0 Å². The van der Waals surface area contributed by atoms with Gasteiger partial charge in [-0.25, -0.2) is 18.0 Å². The lowest BCUT2D eigenvalue weighted by molar-refractivity contribution is 0.123. The van der Waals surface area contributed by atoms with E-state index in [1.807, 2.05) is 0 Å². The first-order chi connectivity index (χ1) is 11.7. The zero-order valence-electron chi connectivity index (χ0n) is 13.6. The summed E-state index contributed by atoms with van der Waals surface area (Å²) in [5, 5.41) is 2.11. The average Bonchev–Trinajstić information content (AvgIpc) is 2.62. The van der Waals surface area contributed by atoms with E-state index in [9.17, 15) is 26.7 Å². The number of carbonyl (C=O) groups is 1. The molecule has 12 heteroatoms. The van der Waals surface area contributed by atoms with Gasteiger partial charge in [-0.3, -0.25) is 0 Å². The van der Waals surface area contributed by atoms with E-state index in [4.69, 9.17) is 13.3 Å². The lowest BCUT2D eigenvalue weighted by Gasteiger charge is -2.24. The van der Waals surface area contributed by atoms with Gasteiger partial charge in [0.25, 0.3) is 0 Å². The fourth-order valence-corrected chi connectivity index (χ4v) is 3.58. The number of ether oxygens (including phenoxy) is 1. The van der Waals surface area contributed by atoms with Crippen molar-refractivity contribution in [2.75, 3.05) is 27.9 Å². The van der Waals surface area contributed by atoms with Gasteiger partial charge in [0, 0.05) is 33.9 Å². The third-order valence-corrected chi connectivity index (χ3v) is 6.06. The predicted octanol–water partition coefficient (Wildman–Crippen LogP) is 2.74. The van der Waals surface area contributed by atoms with Crippen molar-refractivity contribution in [1.29, 1.82) is 0 Å². The number of hydrogen-bond donors (Lipinski definition) is 1. The van der Waals surface area contributed by atoms with Gasteiger partial charge in [0.2, 0.25) is 34.8 Å². The Hall–Kier alpha value is -1.76. The molecule has 25 heavy (non-hydrogen) atoms. The van der Waals surface area contributed by atoms with E-state index in [2.05, 4.69) is 10.1 Å². The number of nitrogens with one attached hydrogen (secondary N) is 1. The molecular weight excluding hydrogens is 373 g/mol. The molecule has 1 aromatic rings. The quantitative estimate of drug-likeness (QED) is 0.244. The highest BCUT2D eigenvalue weighted by molar-refractivity contribution is 6.60. The Morgan fingerprint density at radius 3 is 1.76 bits per heavy atom. The van der Waals surface area contributed by atoms with E-state index in [1.165, 1.54) is 21.3 Å². The maximum absolute atomic E-state index is 13.4. The van der Waals surface area contributed by atoms with Crippen molar-refractivity contribution in [3.63, 3.8) is 0 Å². The van der Waals surface area contributed by atoms with Gasteiger partial charge < -0.3 is 23.3 Å². The Bertz CT molecular complexity index is 592. The molecule has 0 unspecified atom stereocenters. The molecule has 0 radical (unpaired) electrons. The van der Waals surface area contributed by atoms with Crippen LogP contribution in [0.15, 0.2) is 0 Å². The molecule has 1 N–H and O–H groups in total. The van der Waals surface area contributed by atoms with Crippen LogP contribution in [-0.4, -0.2) is 42.8 Å². The van der Waals surface area contributed by atoms with Crippen LogP contribution in [0.4, 0.5) is 26.7 Å². The smallest absolute Gasteiger partial charge is 0.404 e. The summed E-state index contributed by atoms with van der Waals surface area (Å²) in [6.07, 6.45) is -1.10. The summed E-state index contributed by atoms with van der Waals surface area (Å²) >= 11 is 0. The molecule has 1 aromatic carbocycles. The SMILES string of the molecule is CO[Si](CCCNC(=O)Oc1c(F)c(F)c(F)c(F)c1F)(OC)OC. The van der Waals surface area contributed by atoms with Gasteiger partial charge in [0.05, 0.1) is 0 Å². The summed E-state index contributed by atoms with van der Waals surface area (Å²) in [5.41, 5.74) is 0. The maximum atomic E-state index is 13.4. The first-order valence-corrected chi connectivity index (χ1v) is 8.78. The summed E-state index contributed by atoms with van der Waals surface area (Å²) in [5.74, 6) is -12.9. The Labute approximate surface area is 141 Å². The highest BCUT2D eigenvalue weighted by Gasteiger charge is 2.37. The molecule has 142 valence electrons. The van der Waals surface area contributed by atoms with Gasteiger partial charge in [-0.1, -0.05) is 0 Å². The summed E-state index contributed by atoms with van der Waals surface area (Å²) in [7, 11) is 1.32. The minimum absolute atomic E-state index is 0.0426. The van der Waals surface area contributed by atoms with Gasteiger partial charge in [-0.05, 0) is 6.42 Å². The van der Waals surface area contributed by atoms with E-state index in [-0.39, 0.29) is 13.0 Å². The molecule has 0 spiro atoms. The standard InChI is InChI=1S/C13H16F5NO5Si/c1-21-25(22-2,23-3)6-4-5-19-13(20)24-12-10(17)8(15)7(14)9(16)11(12)18/h4-6H2,1-3H3,(H,19,20). The second-order valence-corrected chi connectivity index (χ2v) is 7.71. The lowest BCUT2D eigenvalue weighted by Crippen LogP contribution is -2.43. The molecule has 1 rings (SSSR count). The van der Waals surface area contributed by atoms with Gasteiger partial charge in [0.1, 0.15) is 0 Å². The van der Waals surface area contributed by atoms with Crippen LogP contribution in [0.5, 0.6) is 5.75 Å². The zero-order chi connectivity index (χ0) is 19.2. The van der Waals surface area contributed by atoms with E-state index in [0.29, 0.717) is 6.04 Å². The Morgan fingerprint density at radius 2 is 1.32 bits per heavy atom. The summed E-state index contributed by atoms with van der Waals surface area (Å²) in [4.78, 5) is 11.5. The average molecular weight is 389 g/mol. The van der Waals surface area contributed by atoms with Crippen molar-refractivity contribution in [2.45, 2.75) is 12.5 Å². The maximum Gasteiger partial charge on any atom is 0.500 e. The number of hydrogen-bond acceptors (Lipinski definition) is 5. The molecule has 0 heterocycles. The molecule has 0 aromatic heterocycles. The van der Waals surface area contributed by atoms with Crippen molar-refractivity contribution < 1.29 is 44.8 Å². The highest BCUT2D eigenvalue weighted by Crippen LogP contribution is 2.29. The van der Waals surface area contributed by atoms with Crippen molar-refractivity contribution >= 4 is 14.9 Å². The molecule has 0 saturated carbocycles. The van der Waals surface area contributed by atoms with Crippen molar-refractivity contribution in [2.24, 2.45) is 0 Å². The topological polar surface area (TPSA) is 66.0 Å². The molecular formula is C13H16F5NO5Si. The lowest BCUT2D eigenvalue weighted by atomic mass is 10.2. The van der Waals surface area contributed by atoms with E-state index in [0.717, 1.165) is 0 Å². The summed E-state index contributed by atoms with van der Waals surface area (Å²) in [6, 6.07) is 0.305. The third-order valence-electron chi connectivity index (χ3n) is 3.23. The summed E-state index contributed by atoms with van der Waals surface area (Å²) < 4.78 is 85.2. The first-order valence-electron chi connectivity index (χ1n) is 6.85. The molecule has 0 aliphatic carbocycles. The van der Waals surface area contributed by atoms with Crippen molar-refractivity contribution in [1.82, 2.24) is 5.32 Å². The van der Waals surface area contributed by atoms with E-state index < -0.39 is 49.7 Å². The number of carbonyl (C=O) groups excluding carboxylic acids is 1. The Kier molecular flexibility index (Phi) is 7.73. The number of amides is 1. The van der Waals surface area contributed by atoms with Crippen LogP contribution in [0, 0.1) is 29.1 Å². The molecule has 1 amide bonds. The molecule has 0 aliphatic rings. The number of benzene rings is 1. The van der Waals surface area contributed by atoms with Crippen LogP contribution in [0.3, 0.4) is 0 Å². The fourth-order valence-electron chi connectivity index (χ4n) is 1.85. The molecule has 0 atom stereocenters. The van der Waals surface area contributed by atoms with Crippen LogP contribution in [0.25, 0.3) is 0 Å². The minimum atomic E-state index is -2.86. The van der Waals surface area contributed by atoms with Gasteiger partial charge in [-0.2, -0.15) is 8.78 Å². The van der Waals surface area contributed by atoms with Crippen LogP contribution in [0.2, 0.25) is 6.04 Å². The largest absolute Gasteiger partial charge is 0.500 e. The molecule has 6 nitrogen and oxygen atoms in total. The highest BCUT2D eigenvalue weighted by atomic mass is 28.4. The Morgan fingerprint density at radius 1 is 0.880 bits per heavy atom. The molecule has 0 bridgehead atoms. The monoisotopic (exact) mass is 389 g/mol. The second-order valence-electron chi connectivity index (χ2n) is 4.61. The van der Waals surface area contributed by atoms with Crippen molar-refractivity contribution in [3.05, 3.63) is 29.1 Å². The first kappa shape index (κ1) is 21.3. The normalized spacial score (nSPS) is 11.5. The molecule has 0 saturated heterocycles. The van der Waals surface area contributed by atoms with Gasteiger partial charge >= 0.3 is 14.9 Å². The third kappa shape index (κ3) is 4.87. The zero-order valence-corrected chi connectivity index (χ0v) is 14.6. The molecule has 0 fully saturated rings. The second kappa shape index (κ2) is 9.08. The molecule has 0 aliphatic heterocycles. The van der Waals surface area contributed by atoms with E-state index >= 15 is 0 Å². The Balaban J connectivity index is 2.65. The van der Waals surface area contributed by atoms with Crippen LogP contribution >= 0.6 is 0 Å². The number of rotatable bonds is 8. The van der Waals surface area contributed by atoms with Crippen LogP contribution < -0.4 is 10.1 Å². The minimum Gasteiger partial charge on any atom is -0.404 e.